The number of H-pyrrole nitrogens is 1. The predicted octanol–water partition coefficient (Wildman–Crippen LogP) is 2.69. The van der Waals surface area contributed by atoms with E-state index in [2.05, 4.69) is 15.2 Å². The number of likely N-dealkylation sites (tertiary alicyclic amines) is 1. The van der Waals surface area contributed by atoms with Crippen molar-refractivity contribution in [2.75, 3.05) is 13.1 Å². The predicted molar refractivity (Wildman–Crippen MR) is 91.2 cm³/mol. The monoisotopic (exact) mass is 348 g/mol. The molecule has 0 spiro atoms. The van der Waals surface area contributed by atoms with Crippen LogP contribution in [0, 0.1) is 13.8 Å². The normalized spacial score (nSPS) is 17.3. The lowest BCUT2D eigenvalue weighted by molar-refractivity contribution is -0.130. The van der Waals surface area contributed by atoms with Gasteiger partial charge in [0.15, 0.2) is 0 Å². The summed E-state index contributed by atoms with van der Waals surface area (Å²) in [6.07, 6.45) is 5.20. The smallest absolute Gasteiger partial charge is 0.223 e. The van der Waals surface area contributed by atoms with Gasteiger partial charge in [0.25, 0.3) is 0 Å². The number of halogens is 1. The summed E-state index contributed by atoms with van der Waals surface area (Å²) >= 11 is 6.06. The van der Waals surface area contributed by atoms with E-state index >= 15 is 0 Å². The second kappa shape index (κ2) is 7.21. The maximum Gasteiger partial charge on any atom is 0.223 e. The Labute approximate surface area is 146 Å². The molecule has 128 valence electrons. The van der Waals surface area contributed by atoms with Gasteiger partial charge in [-0.25, -0.2) is 0 Å². The topological polar surface area (TPSA) is 71.1 Å². The van der Waals surface area contributed by atoms with E-state index in [4.69, 9.17) is 16.3 Å². The first-order valence-corrected chi connectivity index (χ1v) is 8.46. The highest BCUT2D eigenvalue weighted by Gasteiger charge is 2.28. The second-order valence-electron chi connectivity index (χ2n) is 6.09. The minimum atomic E-state index is -0.0220. The molecule has 1 fully saturated rings. The first-order valence-electron chi connectivity index (χ1n) is 8.09. The fourth-order valence-corrected chi connectivity index (χ4v) is 3.18. The third kappa shape index (κ3) is 3.70. The Balaban J connectivity index is 1.52. The molecule has 24 heavy (non-hydrogen) atoms. The van der Waals surface area contributed by atoms with Crippen molar-refractivity contribution in [3.8, 4) is 5.75 Å². The van der Waals surface area contributed by atoms with Crippen molar-refractivity contribution in [1.29, 1.82) is 0 Å². The number of hydrogen-bond donors (Lipinski definition) is 1. The molecule has 1 amide bonds. The van der Waals surface area contributed by atoms with Crippen molar-refractivity contribution in [1.82, 2.24) is 20.1 Å². The van der Waals surface area contributed by atoms with E-state index in [-0.39, 0.29) is 12.0 Å². The summed E-state index contributed by atoms with van der Waals surface area (Å²) in [4.78, 5) is 18.2. The van der Waals surface area contributed by atoms with E-state index in [1.165, 1.54) is 0 Å². The molecule has 1 N–H and O–H groups in total. The van der Waals surface area contributed by atoms with Gasteiger partial charge in [-0.2, -0.15) is 5.10 Å². The standard InChI is InChI=1S/C17H21ClN4O2/c1-11-14(12(2)21-20-11)3-4-17(23)22-8-6-13(10-22)24-16-5-7-19-9-15(16)18/h5,7,9,13H,3-4,6,8,10H2,1-2H3,(H,20,21)/t13-/m1/s1. The maximum absolute atomic E-state index is 12.4. The number of rotatable bonds is 5. The van der Waals surface area contributed by atoms with Gasteiger partial charge in [-0.15, -0.1) is 0 Å². The van der Waals surface area contributed by atoms with Gasteiger partial charge in [0.05, 0.1) is 12.2 Å². The van der Waals surface area contributed by atoms with Crippen molar-refractivity contribution in [3.05, 3.63) is 40.4 Å². The van der Waals surface area contributed by atoms with Crippen LogP contribution in [0.25, 0.3) is 0 Å². The summed E-state index contributed by atoms with van der Waals surface area (Å²) in [7, 11) is 0. The Bertz CT molecular complexity index is 712. The van der Waals surface area contributed by atoms with Crippen LogP contribution in [0.1, 0.15) is 29.8 Å². The zero-order chi connectivity index (χ0) is 17.1. The molecule has 1 atom stereocenters. The Hall–Kier alpha value is -2.08. The van der Waals surface area contributed by atoms with Crippen LogP contribution in [0.2, 0.25) is 5.02 Å². The zero-order valence-electron chi connectivity index (χ0n) is 13.9. The molecule has 1 aliphatic rings. The van der Waals surface area contributed by atoms with Crippen molar-refractivity contribution in [2.45, 2.75) is 39.2 Å². The van der Waals surface area contributed by atoms with Crippen LogP contribution in [-0.4, -0.2) is 45.2 Å². The molecule has 0 saturated carbocycles. The van der Waals surface area contributed by atoms with Crippen molar-refractivity contribution >= 4 is 17.5 Å². The van der Waals surface area contributed by atoms with E-state index in [0.29, 0.717) is 30.2 Å². The highest BCUT2D eigenvalue weighted by atomic mass is 35.5. The van der Waals surface area contributed by atoms with E-state index in [9.17, 15) is 4.79 Å². The van der Waals surface area contributed by atoms with Crippen molar-refractivity contribution < 1.29 is 9.53 Å². The third-order valence-electron chi connectivity index (χ3n) is 4.40. The lowest BCUT2D eigenvalue weighted by Crippen LogP contribution is -2.31. The number of nitrogens with one attached hydrogen (secondary N) is 1. The molecule has 0 aromatic carbocycles. The highest BCUT2D eigenvalue weighted by molar-refractivity contribution is 6.31. The lowest BCUT2D eigenvalue weighted by atomic mass is 10.1. The van der Waals surface area contributed by atoms with Gasteiger partial charge < -0.3 is 9.64 Å². The first-order chi connectivity index (χ1) is 11.5. The van der Waals surface area contributed by atoms with Crippen molar-refractivity contribution in [3.63, 3.8) is 0 Å². The fourth-order valence-electron chi connectivity index (χ4n) is 3.02. The van der Waals surface area contributed by atoms with Crippen molar-refractivity contribution in [2.24, 2.45) is 0 Å². The molecule has 0 aliphatic carbocycles. The average Bonchev–Trinajstić information content (AvgIpc) is 3.15. The number of aryl methyl sites for hydroxylation is 2. The summed E-state index contributed by atoms with van der Waals surface area (Å²) in [5.74, 6) is 0.775. The Morgan fingerprint density at radius 2 is 2.33 bits per heavy atom. The molecule has 2 aromatic rings. The van der Waals surface area contributed by atoms with E-state index in [1.807, 2.05) is 18.7 Å². The first kappa shape index (κ1) is 16.8. The number of carbonyl (C=O) groups is 1. The van der Waals surface area contributed by atoms with Gasteiger partial charge in [-0.05, 0) is 25.8 Å². The van der Waals surface area contributed by atoms with Gasteiger partial charge in [0, 0.05) is 43.5 Å². The number of aromatic amines is 1. The van der Waals surface area contributed by atoms with Gasteiger partial charge in [-0.1, -0.05) is 11.6 Å². The molecule has 0 radical (unpaired) electrons. The number of carbonyl (C=O) groups excluding carboxylic acids is 1. The van der Waals surface area contributed by atoms with Crippen LogP contribution in [0.5, 0.6) is 5.75 Å². The summed E-state index contributed by atoms with van der Waals surface area (Å²) in [6.45, 7) is 5.26. The molecule has 2 aromatic heterocycles. The van der Waals surface area contributed by atoms with Gasteiger partial charge in [-0.3, -0.25) is 14.9 Å². The molecule has 1 saturated heterocycles. The maximum atomic E-state index is 12.4. The Kier molecular flexibility index (Phi) is 5.04. The minimum absolute atomic E-state index is 0.0220. The van der Waals surface area contributed by atoms with Gasteiger partial charge in [0.2, 0.25) is 5.91 Å². The van der Waals surface area contributed by atoms with Crippen LogP contribution >= 0.6 is 11.6 Å². The minimum Gasteiger partial charge on any atom is -0.487 e. The Morgan fingerprint density at radius 3 is 3.04 bits per heavy atom. The number of amides is 1. The third-order valence-corrected chi connectivity index (χ3v) is 4.68. The molecule has 7 heteroatoms. The molecular formula is C17H21ClN4O2. The largest absolute Gasteiger partial charge is 0.487 e. The van der Waals surface area contributed by atoms with Gasteiger partial charge in [0.1, 0.15) is 16.9 Å². The lowest BCUT2D eigenvalue weighted by Gasteiger charge is -2.17. The molecule has 3 heterocycles. The number of nitrogens with zero attached hydrogens (tertiary/aromatic N) is 3. The van der Waals surface area contributed by atoms with Gasteiger partial charge >= 0.3 is 0 Å². The van der Waals surface area contributed by atoms with Crippen LogP contribution < -0.4 is 4.74 Å². The van der Waals surface area contributed by atoms with Crippen LogP contribution in [0.15, 0.2) is 18.5 Å². The number of aromatic nitrogens is 3. The SMILES string of the molecule is Cc1n[nH]c(C)c1CCC(=O)N1CC[C@@H](Oc2ccncc2Cl)C1. The summed E-state index contributed by atoms with van der Waals surface area (Å²) < 4.78 is 5.89. The molecule has 0 bridgehead atoms. The highest BCUT2D eigenvalue weighted by Crippen LogP contribution is 2.26. The number of hydrogen-bond acceptors (Lipinski definition) is 4. The molecule has 0 unspecified atom stereocenters. The van der Waals surface area contributed by atoms with E-state index < -0.39 is 0 Å². The quantitative estimate of drug-likeness (QED) is 0.901. The number of pyridine rings is 1. The molecule has 3 rings (SSSR count). The summed E-state index contributed by atoms with van der Waals surface area (Å²) in [5.41, 5.74) is 3.14. The van der Waals surface area contributed by atoms with Crippen LogP contribution in [-0.2, 0) is 11.2 Å². The summed E-state index contributed by atoms with van der Waals surface area (Å²) in [5, 5.41) is 7.62. The zero-order valence-corrected chi connectivity index (χ0v) is 14.6. The fraction of sp³-hybridized carbons (Fsp3) is 0.471. The van der Waals surface area contributed by atoms with E-state index in [1.54, 1.807) is 18.5 Å². The molecule has 1 aliphatic heterocycles. The number of ether oxygens (including phenoxy) is 1. The van der Waals surface area contributed by atoms with E-state index in [0.717, 1.165) is 29.9 Å². The van der Waals surface area contributed by atoms with Crippen LogP contribution in [0.3, 0.4) is 0 Å². The second-order valence-corrected chi connectivity index (χ2v) is 6.49. The Morgan fingerprint density at radius 1 is 1.50 bits per heavy atom. The summed E-state index contributed by atoms with van der Waals surface area (Å²) in [6, 6.07) is 1.75. The van der Waals surface area contributed by atoms with Crippen LogP contribution in [0.4, 0.5) is 0 Å². The molecular weight excluding hydrogens is 328 g/mol. The average molecular weight is 349 g/mol. The molecule has 6 nitrogen and oxygen atoms in total.